The highest BCUT2D eigenvalue weighted by Crippen LogP contribution is 2.01. The second kappa shape index (κ2) is 8.12. The Morgan fingerprint density at radius 3 is 2.07 bits per heavy atom. The minimum Gasteiger partial charge on any atom is -0.313 e. The Kier molecular flexibility index (Phi) is 8.07. The summed E-state index contributed by atoms with van der Waals surface area (Å²) in [6.45, 7) is 14.8. The van der Waals surface area contributed by atoms with Crippen LogP contribution in [0.15, 0.2) is 0 Å². The van der Waals surface area contributed by atoms with Gasteiger partial charge in [0.25, 0.3) is 0 Å². The first-order valence-electron chi connectivity index (χ1n) is 6.35. The number of hydrogen-bond donors (Lipinski definition) is 1. The van der Waals surface area contributed by atoms with E-state index >= 15 is 0 Å². The fourth-order valence-electron chi connectivity index (χ4n) is 1.31. The standard InChI is InChI=1S/C13H30N2/c1-11(2)7-9-15(6)10-8-14-13(5)12(3)4/h11-14H,7-10H2,1-6H3. The van der Waals surface area contributed by atoms with E-state index in [9.17, 15) is 0 Å². The SMILES string of the molecule is CC(C)CCN(C)CCNC(C)C(C)C. The number of rotatable bonds is 8. The minimum absolute atomic E-state index is 0.628. The Morgan fingerprint density at radius 1 is 1.00 bits per heavy atom. The van der Waals surface area contributed by atoms with Gasteiger partial charge in [0, 0.05) is 19.1 Å². The van der Waals surface area contributed by atoms with Gasteiger partial charge in [-0.15, -0.1) is 0 Å². The molecule has 0 aliphatic rings. The predicted octanol–water partition coefficient (Wildman–Crippen LogP) is 2.60. The van der Waals surface area contributed by atoms with Gasteiger partial charge in [-0.1, -0.05) is 27.7 Å². The topological polar surface area (TPSA) is 15.3 Å². The summed E-state index contributed by atoms with van der Waals surface area (Å²) >= 11 is 0. The van der Waals surface area contributed by atoms with Crippen molar-refractivity contribution in [2.45, 2.75) is 47.1 Å². The summed E-state index contributed by atoms with van der Waals surface area (Å²) in [5, 5.41) is 3.56. The Labute approximate surface area is 96.4 Å². The summed E-state index contributed by atoms with van der Waals surface area (Å²) in [5.41, 5.74) is 0. The van der Waals surface area contributed by atoms with Crippen molar-refractivity contribution in [3.8, 4) is 0 Å². The first kappa shape index (κ1) is 14.9. The highest BCUT2D eigenvalue weighted by Gasteiger charge is 2.06. The van der Waals surface area contributed by atoms with Crippen molar-refractivity contribution in [1.29, 1.82) is 0 Å². The van der Waals surface area contributed by atoms with Gasteiger partial charge in [0.1, 0.15) is 0 Å². The third kappa shape index (κ3) is 8.88. The molecule has 0 amide bonds. The molecule has 0 saturated heterocycles. The van der Waals surface area contributed by atoms with Gasteiger partial charge >= 0.3 is 0 Å². The van der Waals surface area contributed by atoms with Crippen LogP contribution in [0.2, 0.25) is 0 Å². The maximum Gasteiger partial charge on any atom is 0.0104 e. The van der Waals surface area contributed by atoms with E-state index in [1.807, 2.05) is 0 Å². The van der Waals surface area contributed by atoms with E-state index in [-0.39, 0.29) is 0 Å². The fourth-order valence-corrected chi connectivity index (χ4v) is 1.31. The summed E-state index contributed by atoms with van der Waals surface area (Å²) < 4.78 is 0. The van der Waals surface area contributed by atoms with Crippen LogP contribution in [-0.2, 0) is 0 Å². The van der Waals surface area contributed by atoms with Crippen LogP contribution in [0.25, 0.3) is 0 Å². The zero-order chi connectivity index (χ0) is 11.8. The molecule has 0 radical (unpaired) electrons. The minimum atomic E-state index is 0.628. The van der Waals surface area contributed by atoms with Crippen LogP contribution in [0, 0.1) is 11.8 Å². The van der Waals surface area contributed by atoms with E-state index in [1.165, 1.54) is 13.0 Å². The van der Waals surface area contributed by atoms with E-state index < -0.39 is 0 Å². The molecule has 15 heavy (non-hydrogen) atoms. The Bertz CT molecular complexity index is 143. The predicted molar refractivity (Wildman–Crippen MR) is 69.3 cm³/mol. The first-order chi connectivity index (χ1) is 6.93. The van der Waals surface area contributed by atoms with Crippen molar-refractivity contribution in [1.82, 2.24) is 10.2 Å². The van der Waals surface area contributed by atoms with Crippen LogP contribution in [0.3, 0.4) is 0 Å². The molecule has 1 atom stereocenters. The van der Waals surface area contributed by atoms with Gasteiger partial charge < -0.3 is 10.2 Å². The Morgan fingerprint density at radius 2 is 1.60 bits per heavy atom. The number of nitrogens with one attached hydrogen (secondary N) is 1. The lowest BCUT2D eigenvalue weighted by molar-refractivity contribution is 0.297. The normalized spacial score (nSPS) is 14.2. The molecule has 1 unspecified atom stereocenters. The van der Waals surface area contributed by atoms with E-state index in [1.54, 1.807) is 0 Å². The maximum absolute atomic E-state index is 3.56. The molecule has 2 nitrogen and oxygen atoms in total. The highest BCUT2D eigenvalue weighted by atomic mass is 15.1. The second-order valence-corrected chi connectivity index (χ2v) is 5.47. The third-order valence-electron chi connectivity index (χ3n) is 3.05. The molecular formula is C13H30N2. The molecule has 0 spiro atoms. The molecule has 0 aromatic carbocycles. The molecular weight excluding hydrogens is 184 g/mol. The molecule has 0 fully saturated rings. The molecule has 0 bridgehead atoms. The molecule has 0 aliphatic carbocycles. The van der Waals surface area contributed by atoms with Crippen LogP contribution in [0.5, 0.6) is 0 Å². The average Bonchev–Trinajstić information content (AvgIpc) is 2.14. The zero-order valence-corrected chi connectivity index (χ0v) is 11.5. The smallest absolute Gasteiger partial charge is 0.0104 e. The van der Waals surface area contributed by atoms with Crippen molar-refractivity contribution in [2.75, 3.05) is 26.7 Å². The average molecular weight is 214 g/mol. The lowest BCUT2D eigenvalue weighted by Gasteiger charge is -2.21. The van der Waals surface area contributed by atoms with Crippen LogP contribution in [0.4, 0.5) is 0 Å². The molecule has 1 N–H and O–H groups in total. The van der Waals surface area contributed by atoms with Crippen molar-refractivity contribution in [3.63, 3.8) is 0 Å². The highest BCUT2D eigenvalue weighted by molar-refractivity contribution is 4.65. The monoisotopic (exact) mass is 214 g/mol. The molecule has 0 saturated carbocycles. The van der Waals surface area contributed by atoms with Gasteiger partial charge in [-0.2, -0.15) is 0 Å². The van der Waals surface area contributed by atoms with Crippen molar-refractivity contribution >= 4 is 0 Å². The van der Waals surface area contributed by atoms with E-state index in [0.717, 1.165) is 24.9 Å². The quantitative estimate of drug-likeness (QED) is 0.668. The Balaban J connectivity index is 3.42. The van der Waals surface area contributed by atoms with Gasteiger partial charge in [0.2, 0.25) is 0 Å². The molecule has 0 rings (SSSR count). The molecule has 92 valence electrons. The summed E-state index contributed by atoms with van der Waals surface area (Å²) in [6, 6.07) is 0.628. The van der Waals surface area contributed by atoms with Crippen molar-refractivity contribution in [2.24, 2.45) is 11.8 Å². The van der Waals surface area contributed by atoms with Gasteiger partial charge in [-0.05, 0) is 38.8 Å². The van der Waals surface area contributed by atoms with Gasteiger partial charge in [0.05, 0.1) is 0 Å². The molecule has 0 aliphatic heterocycles. The maximum atomic E-state index is 3.56. The van der Waals surface area contributed by atoms with Crippen LogP contribution in [0.1, 0.15) is 41.0 Å². The summed E-state index contributed by atoms with van der Waals surface area (Å²) in [7, 11) is 2.21. The van der Waals surface area contributed by atoms with Gasteiger partial charge in [-0.25, -0.2) is 0 Å². The van der Waals surface area contributed by atoms with Crippen molar-refractivity contribution < 1.29 is 0 Å². The number of hydrogen-bond acceptors (Lipinski definition) is 2. The molecule has 2 heteroatoms. The third-order valence-corrected chi connectivity index (χ3v) is 3.05. The van der Waals surface area contributed by atoms with E-state index in [2.05, 4.69) is 51.9 Å². The van der Waals surface area contributed by atoms with E-state index in [0.29, 0.717) is 6.04 Å². The fraction of sp³-hybridized carbons (Fsp3) is 1.00. The van der Waals surface area contributed by atoms with Gasteiger partial charge in [0.15, 0.2) is 0 Å². The number of nitrogens with zero attached hydrogens (tertiary/aromatic N) is 1. The van der Waals surface area contributed by atoms with Crippen LogP contribution < -0.4 is 5.32 Å². The molecule has 0 aromatic heterocycles. The summed E-state index contributed by atoms with van der Waals surface area (Å²) in [5.74, 6) is 1.54. The van der Waals surface area contributed by atoms with Crippen LogP contribution in [-0.4, -0.2) is 37.6 Å². The van der Waals surface area contributed by atoms with Crippen LogP contribution >= 0.6 is 0 Å². The largest absolute Gasteiger partial charge is 0.313 e. The van der Waals surface area contributed by atoms with E-state index in [4.69, 9.17) is 0 Å². The summed E-state index contributed by atoms with van der Waals surface area (Å²) in [6.07, 6.45) is 1.30. The zero-order valence-electron chi connectivity index (χ0n) is 11.5. The lowest BCUT2D eigenvalue weighted by Crippen LogP contribution is -2.37. The summed E-state index contributed by atoms with van der Waals surface area (Å²) in [4.78, 5) is 2.42. The Hall–Kier alpha value is -0.0800. The number of likely N-dealkylation sites (N-methyl/N-ethyl adjacent to an activating group) is 1. The second-order valence-electron chi connectivity index (χ2n) is 5.47. The van der Waals surface area contributed by atoms with Crippen molar-refractivity contribution in [3.05, 3.63) is 0 Å². The lowest BCUT2D eigenvalue weighted by atomic mass is 10.1. The molecule has 0 aromatic rings. The first-order valence-corrected chi connectivity index (χ1v) is 6.35. The molecule has 0 heterocycles. The van der Waals surface area contributed by atoms with Gasteiger partial charge in [-0.3, -0.25) is 0 Å².